The zero-order chi connectivity index (χ0) is 27.0. The van der Waals surface area contributed by atoms with E-state index in [0.717, 1.165) is 53.7 Å². The highest BCUT2D eigenvalue weighted by Crippen LogP contribution is 2.33. The van der Waals surface area contributed by atoms with Crippen molar-refractivity contribution in [3.05, 3.63) is 35.7 Å². The fourth-order valence-electron chi connectivity index (χ4n) is 5.10. The Balaban J connectivity index is 1.70. The first-order valence-corrected chi connectivity index (χ1v) is 16.6. The van der Waals surface area contributed by atoms with E-state index in [1.807, 2.05) is 0 Å². The first-order chi connectivity index (χ1) is 18.1. The molecule has 1 aromatic carbocycles. The Kier molecular flexibility index (Phi) is 7.77. The molecule has 5 rings (SSSR count). The van der Waals surface area contributed by atoms with Crippen molar-refractivity contribution >= 4 is 31.7 Å². The normalized spacial score (nSPS) is 21.1. The average Bonchev–Trinajstić information content (AvgIpc) is 3.30. The predicted molar refractivity (Wildman–Crippen MR) is 154 cm³/mol. The molecule has 2 aliphatic heterocycles. The van der Waals surface area contributed by atoms with Crippen LogP contribution in [0.5, 0.6) is 0 Å². The van der Waals surface area contributed by atoms with Gasteiger partial charge in [0, 0.05) is 36.7 Å². The number of hydrogen-bond donors (Lipinski definition) is 0. The summed E-state index contributed by atoms with van der Waals surface area (Å²) in [6.07, 6.45) is 0.125. The highest BCUT2D eigenvalue weighted by atomic mass is 28.3. The van der Waals surface area contributed by atoms with E-state index in [2.05, 4.69) is 86.3 Å². The average molecular weight is 539 g/mol. The molecule has 4 heterocycles. The third kappa shape index (κ3) is 5.45. The van der Waals surface area contributed by atoms with E-state index in [0.29, 0.717) is 32.4 Å². The van der Waals surface area contributed by atoms with Gasteiger partial charge >= 0.3 is 0 Å². The molecule has 0 spiro atoms. The highest BCUT2D eigenvalue weighted by Gasteiger charge is 2.30. The van der Waals surface area contributed by atoms with Gasteiger partial charge in [-0.15, -0.1) is 0 Å². The number of benzene rings is 1. The Morgan fingerprint density at radius 3 is 2.45 bits per heavy atom. The topological polar surface area (TPSA) is 77.8 Å². The van der Waals surface area contributed by atoms with Gasteiger partial charge in [0.1, 0.15) is 17.5 Å². The summed E-state index contributed by atoms with van der Waals surface area (Å²) >= 11 is 0. The first kappa shape index (κ1) is 27.0. The Bertz CT molecular complexity index is 1270. The number of imidazole rings is 1. The molecule has 0 saturated carbocycles. The zero-order valence-electron chi connectivity index (χ0n) is 23.9. The number of nitrogens with zero attached hydrogens (tertiary/aromatic N) is 6. The minimum atomic E-state index is -1.17. The van der Waals surface area contributed by atoms with Gasteiger partial charge in [-0.1, -0.05) is 32.9 Å². The zero-order valence-corrected chi connectivity index (χ0v) is 25.1. The van der Waals surface area contributed by atoms with Crippen molar-refractivity contribution in [2.75, 3.05) is 49.3 Å². The molecule has 2 aliphatic rings. The summed E-state index contributed by atoms with van der Waals surface area (Å²) in [6, 6.07) is 8.67. The van der Waals surface area contributed by atoms with E-state index in [1.165, 1.54) is 0 Å². The molecular formula is C28H42N6O3Si. The quantitative estimate of drug-likeness (QED) is 0.435. The van der Waals surface area contributed by atoms with Gasteiger partial charge in [0.05, 0.1) is 49.6 Å². The van der Waals surface area contributed by atoms with E-state index in [-0.39, 0.29) is 17.6 Å². The fraction of sp³-hybridized carbons (Fsp3) is 0.607. The van der Waals surface area contributed by atoms with Crippen LogP contribution >= 0.6 is 0 Å². The number of morpholine rings is 2. The van der Waals surface area contributed by atoms with E-state index >= 15 is 0 Å². The third-order valence-corrected chi connectivity index (χ3v) is 8.25. The molecule has 2 aromatic heterocycles. The van der Waals surface area contributed by atoms with Crippen LogP contribution in [-0.2, 0) is 25.9 Å². The highest BCUT2D eigenvalue weighted by molar-refractivity contribution is 6.48. The number of ether oxygens (including phenoxy) is 2. The Morgan fingerprint density at radius 1 is 1.00 bits per heavy atom. The summed E-state index contributed by atoms with van der Waals surface area (Å²) in [6.45, 7) is 20.4. The van der Waals surface area contributed by atoms with Gasteiger partial charge in [-0.3, -0.25) is 4.57 Å². The summed E-state index contributed by atoms with van der Waals surface area (Å²) in [4.78, 5) is 20.2. The summed E-state index contributed by atoms with van der Waals surface area (Å²) in [5, 5.41) is 0. The van der Waals surface area contributed by atoms with Crippen molar-refractivity contribution in [3.63, 3.8) is 0 Å². The van der Waals surface area contributed by atoms with E-state index in [9.17, 15) is 0 Å². The van der Waals surface area contributed by atoms with Crippen molar-refractivity contribution in [1.82, 2.24) is 19.5 Å². The van der Waals surface area contributed by atoms with Gasteiger partial charge in [0.25, 0.3) is 0 Å². The van der Waals surface area contributed by atoms with Crippen molar-refractivity contribution in [1.29, 1.82) is 0 Å². The van der Waals surface area contributed by atoms with Crippen molar-refractivity contribution in [2.24, 2.45) is 0 Å². The minimum Gasteiger partial charge on any atom is -0.416 e. The van der Waals surface area contributed by atoms with Crippen LogP contribution in [0.3, 0.4) is 0 Å². The summed E-state index contributed by atoms with van der Waals surface area (Å²) in [5.41, 5.74) is 2.86. The van der Waals surface area contributed by atoms with Crippen LogP contribution in [0, 0.1) is 0 Å². The van der Waals surface area contributed by atoms with Gasteiger partial charge in [0.15, 0.2) is 9.04 Å². The predicted octanol–water partition coefficient (Wildman–Crippen LogP) is 4.06. The molecule has 3 aromatic rings. The molecular weight excluding hydrogens is 496 g/mol. The monoisotopic (exact) mass is 538 g/mol. The van der Waals surface area contributed by atoms with Crippen LogP contribution in [0.4, 0.5) is 11.6 Å². The largest absolute Gasteiger partial charge is 0.416 e. The van der Waals surface area contributed by atoms with Gasteiger partial charge < -0.3 is 23.7 Å². The second-order valence-electron chi connectivity index (χ2n) is 11.7. The molecule has 2 atom stereocenters. The van der Waals surface area contributed by atoms with Crippen LogP contribution in [-0.4, -0.2) is 80.2 Å². The van der Waals surface area contributed by atoms with E-state index in [1.54, 1.807) is 0 Å². The lowest BCUT2D eigenvalue weighted by Gasteiger charge is -2.39. The Morgan fingerprint density at radius 2 is 1.74 bits per heavy atom. The maximum absolute atomic E-state index is 6.12. The standard InChI is InChI=1S/C28H42N6O3Si/c1-19-20(2)36-16-13-33(19)24-17-23(32-11-14-35-15-12-32)29-27(30-24)34-22-10-8-9-21(18-37-38(6)7)25(22)31-26(34)28(3,4)5/h8-10,17,19-20,38H,11-16,18H2,1-7H3/t19-,20+/m1/s1. The van der Waals surface area contributed by atoms with E-state index < -0.39 is 9.04 Å². The van der Waals surface area contributed by atoms with Crippen molar-refractivity contribution in [3.8, 4) is 5.95 Å². The number of anilines is 2. The summed E-state index contributed by atoms with van der Waals surface area (Å²) in [5.74, 6) is 3.44. The Hall–Kier alpha value is -2.53. The lowest BCUT2D eigenvalue weighted by Crippen LogP contribution is -2.49. The Labute approximate surface area is 227 Å². The van der Waals surface area contributed by atoms with Gasteiger partial charge in [-0.2, -0.15) is 9.97 Å². The molecule has 0 amide bonds. The molecule has 0 unspecified atom stereocenters. The maximum Gasteiger partial charge on any atom is 0.239 e. The molecule has 10 heteroatoms. The molecule has 38 heavy (non-hydrogen) atoms. The maximum atomic E-state index is 6.12. The second-order valence-corrected chi connectivity index (χ2v) is 14.1. The smallest absolute Gasteiger partial charge is 0.239 e. The van der Waals surface area contributed by atoms with Crippen LogP contribution < -0.4 is 9.80 Å². The molecule has 0 radical (unpaired) electrons. The molecule has 206 valence electrons. The lowest BCUT2D eigenvalue weighted by atomic mass is 9.96. The minimum absolute atomic E-state index is 0.125. The number of rotatable bonds is 6. The lowest BCUT2D eigenvalue weighted by molar-refractivity contribution is 0.0281. The van der Waals surface area contributed by atoms with Gasteiger partial charge in [-0.25, -0.2) is 4.98 Å². The number of hydrogen-bond acceptors (Lipinski definition) is 8. The first-order valence-electron chi connectivity index (χ1n) is 13.9. The van der Waals surface area contributed by atoms with E-state index in [4.69, 9.17) is 28.9 Å². The number of aromatic nitrogens is 4. The molecule has 9 nitrogen and oxygen atoms in total. The van der Waals surface area contributed by atoms with Gasteiger partial charge in [0.2, 0.25) is 5.95 Å². The van der Waals surface area contributed by atoms with Crippen LogP contribution in [0.25, 0.3) is 17.0 Å². The van der Waals surface area contributed by atoms with Gasteiger partial charge in [-0.05, 0) is 33.0 Å². The van der Waals surface area contributed by atoms with Crippen LogP contribution in [0.2, 0.25) is 13.1 Å². The van der Waals surface area contributed by atoms with Crippen LogP contribution in [0.15, 0.2) is 24.3 Å². The SMILES string of the molecule is C[C@@H]1OCCN(c2cc(N3CCOCC3)nc(-n3c(C(C)(C)C)nc4c(CO[SiH](C)C)cccc43)n2)[C@@H]1C. The molecule has 0 bridgehead atoms. The van der Waals surface area contributed by atoms with Crippen molar-refractivity contribution in [2.45, 2.75) is 71.9 Å². The fourth-order valence-corrected chi connectivity index (χ4v) is 5.62. The molecule has 2 fully saturated rings. The summed E-state index contributed by atoms with van der Waals surface area (Å²) < 4.78 is 19.8. The van der Waals surface area contributed by atoms with Crippen molar-refractivity contribution < 1.29 is 13.9 Å². The molecule has 0 N–H and O–H groups in total. The second kappa shape index (κ2) is 10.9. The summed E-state index contributed by atoms with van der Waals surface area (Å²) in [7, 11) is -1.17. The number of fused-ring (bicyclic) bond motifs is 1. The number of para-hydroxylation sites is 1. The third-order valence-electron chi connectivity index (χ3n) is 7.41. The molecule has 0 aliphatic carbocycles. The van der Waals surface area contributed by atoms with Crippen LogP contribution in [0.1, 0.15) is 46.0 Å². The molecule has 2 saturated heterocycles.